The van der Waals surface area contributed by atoms with E-state index in [1.807, 2.05) is 36.4 Å². The van der Waals surface area contributed by atoms with E-state index in [0.29, 0.717) is 6.54 Å². The Bertz CT molecular complexity index is 544. The van der Waals surface area contributed by atoms with Crippen molar-refractivity contribution in [2.24, 2.45) is 0 Å². The van der Waals surface area contributed by atoms with E-state index in [2.05, 4.69) is 15.2 Å². The molecule has 0 radical (unpaired) electrons. The van der Waals surface area contributed by atoms with Crippen LogP contribution in [0.1, 0.15) is 16.2 Å². The van der Waals surface area contributed by atoms with Gasteiger partial charge in [0.2, 0.25) is 5.82 Å². The second-order valence-corrected chi connectivity index (χ2v) is 3.64. The second kappa shape index (κ2) is 5.59. The summed E-state index contributed by atoms with van der Waals surface area (Å²) in [5, 5.41) is 14.9. The van der Waals surface area contributed by atoms with Crippen LogP contribution in [0.3, 0.4) is 0 Å². The molecule has 0 fully saturated rings. The molecule has 0 saturated heterocycles. The number of aromatic amines is 1. The van der Waals surface area contributed by atoms with Gasteiger partial charge in [0.25, 0.3) is 5.91 Å². The third-order valence-electron chi connectivity index (χ3n) is 2.38. The summed E-state index contributed by atoms with van der Waals surface area (Å²) in [5.41, 5.74) is 0.959. The predicted octanol–water partition coefficient (Wildman–Crippen LogP) is 0.971. The van der Waals surface area contributed by atoms with Crippen molar-refractivity contribution < 1.29 is 4.79 Å². The van der Waals surface area contributed by atoms with Crippen LogP contribution in [0.4, 0.5) is 0 Å². The van der Waals surface area contributed by atoms with E-state index in [-0.39, 0.29) is 18.3 Å². The monoisotopic (exact) mass is 241 g/mol. The standard InChI is InChI=1S/C12H11N5O/c13-6-7-17(8-10-4-2-1-3-5-10)12(18)11-14-9-15-16-11/h1-5,9H,7-8H2,(H,14,15,16). The number of carbonyl (C=O) groups excluding carboxylic acids is 1. The maximum absolute atomic E-state index is 12.0. The number of carbonyl (C=O) groups is 1. The molecule has 1 aromatic heterocycles. The van der Waals surface area contributed by atoms with Crippen LogP contribution in [0.15, 0.2) is 36.7 Å². The third kappa shape index (κ3) is 2.71. The highest BCUT2D eigenvalue weighted by atomic mass is 16.2. The molecule has 6 nitrogen and oxygen atoms in total. The maximum atomic E-state index is 12.0. The Hall–Kier alpha value is -2.68. The first kappa shape index (κ1) is 11.8. The minimum atomic E-state index is -0.335. The van der Waals surface area contributed by atoms with Crippen molar-refractivity contribution in [1.29, 1.82) is 5.26 Å². The number of nitriles is 1. The van der Waals surface area contributed by atoms with Gasteiger partial charge >= 0.3 is 0 Å². The molecule has 1 heterocycles. The number of H-pyrrole nitrogens is 1. The largest absolute Gasteiger partial charge is 0.318 e. The Kier molecular flexibility index (Phi) is 3.66. The number of benzene rings is 1. The first-order valence-corrected chi connectivity index (χ1v) is 5.37. The van der Waals surface area contributed by atoms with Crippen LogP contribution >= 0.6 is 0 Å². The normalized spacial score (nSPS) is 9.72. The van der Waals surface area contributed by atoms with E-state index in [9.17, 15) is 4.79 Å². The Morgan fingerprint density at radius 2 is 2.17 bits per heavy atom. The number of aromatic nitrogens is 3. The number of nitrogens with one attached hydrogen (secondary N) is 1. The molecule has 1 aromatic carbocycles. The maximum Gasteiger partial charge on any atom is 0.292 e. The number of rotatable bonds is 4. The zero-order valence-corrected chi connectivity index (χ0v) is 9.58. The predicted molar refractivity (Wildman–Crippen MR) is 63.2 cm³/mol. The van der Waals surface area contributed by atoms with Gasteiger partial charge in [-0.15, -0.1) is 0 Å². The SMILES string of the molecule is N#CCN(Cc1ccccc1)C(=O)c1ncn[nH]1. The molecule has 1 N–H and O–H groups in total. The van der Waals surface area contributed by atoms with E-state index in [0.717, 1.165) is 5.56 Å². The van der Waals surface area contributed by atoms with Gasteiger partial charge in [0.15, 0.2) is 0 Å². The van der Waals surface area contributed by atoms with Gasteiger partial charge in [-0.1, -0.05) is 30.3 Å². The fourth-order valence-electron chi connectivity index (χ4n) is 1.55. The lowest BCUT2D eigenvalue weighted by atomic mass is 10.2. The average molecular weight is 241 g/mol. The highest BCUT2D eigenvalue weighted by Gasteiger charge is 2.18. The van der Waals surface area contributed by atoms with Gasteiger partial charge in [0, 0.05) is 6.54 Å². The quantitative estimate of drug-likeness (QED) is 0.808. The smallest absolute Gasteiger partial charge is 0.292 e. The van der Waals surface area contributed by atoms with Crippen LogP contribution in [0.5, 0.6) is 0 Å². The Balaban J connectivity index is 2.14. The molecule has 0 aliphatic carbocycles. The van der Waals surface area contributed by atoms with Gasteiger partial charge in [-0.2, -0.15) is 10.4 Å². The summed E-state index contributed by atoms with van der Waals surface area (Å²) in [5.74, 6) is -0.195. The third-order valence-corrected chi connectivity index (χ3v) is 2.38. The molecule has 0 unspecified atom stereocenters. The number of nitrogens with zero attached hydrogens (tertiary/aromatic N) is 4. The summed E-state index contributed by atoms with van der Waals surface area (Å²) >= 11 is 0. The molecule has 0 aliphatic heterocycles. The van der Waals surface area contributed by atoms with Crippen LogP contribution in [0.2, 0.25) is 0 Å². The van der Waals surface area contributed by atoms with Crippen LogP contribution in [-0.2, 0) is 6.54 Å². The number of hydrogen-bond acceptors (Lipinski definition) is 4. The van der Waals surface area contributed by atoms with E-state index < -0.39 is 0 Å². The van der Waals surface area contributed by atoms with E-state index in [4.69, 9.17) is 5.26 Å². The summed E-state index contributed by atoms with van der Waals surface area (Å²) in [6.45, 7) is 0.377. The van der Waals surface area contributed by atoms with Crippen molar-refractivity contribution in [3.05, 3.63) is 48.0 Å². The molecule has 1 amide bonds. The molecular weight excluding hydrogens is 230 g/mol. The van der Waals surface area contributed by atoms with Crippen molar-refractivity contribution in [3.63, 3.8) is 0 Å². The van der Waals surface area contributed by atoms with Crippen molar-refractivity contribution in [1.82, 2.24) is 20.1 Å². The average Bonchev–Trinajstić information content (AvgIpc) is 2.92. The summed E-state index contributed by atoms with van der Waals surface area (Å²) in [7, 11) is 0. The molecule has 2 aromatic rings. The summed E-state index contributed by atoms with van der Waals surface area (Å²) in [6, 6.07) is 11.5. The zero-order chi connectivity index (χ0) is 12.8. The van der Waals surface area contributed by atoms with Crippen LogP contribution in [0.25, 0.3) is 0 Å². The highest BCUT2D eigenvalue weighted by molar-refractivity contribution is 5.90. The Morgan fingerprint density at radius 1 is 1.39 bits per heavy atom. The highest BCUT2D eigenvalue weighted by Crippen LogP contribution is 2.06. The lowest BCUT2D eigenvalue weighted by Gasteiger charge is -2.18. The summed E-state index contributed by atoms with van der Waals surface area (Å²) in [6.07, 6.45) is 1.26. The van der Waals surface area contributed by atoms with Gasteiger partial charge < -0.3 is 4.90 Å². The Morgan fingerprint density at radius 3 is 2.78 bits per heavy atom. The molecule has 6 heteroatoms. The zero-order valence-electron chi connectivity index (χ0n) is 9.58. The van der Waals surface area contributed by atoms with Gasteiger partial charge in [-0.05, 0) is 5.56 Å². The van der Waals surface area contributed by atoms with Crippen molar-refractivity contribution in [2.45, 2.75) is 6.54 Å². The fraction of sp³-hybridized carbons (Fsp3) is 0.167. The topological polar surface area (TPSA) is 85.7 Å². The second-order valence-electron chi connectivity index (χ2n) is 3.64. The molecule has 0 spiro atoms. The number of amides is 1. The first-order chi connectivity index (χ1) is 8.81. The van der Waals surface area contributed by atoms with E-state index >= 15 is 0 Å². The lowest BCUT2D eigenvalue weighted by molar-refractivity contribution is 0.0753. The molecule has 0 atom stereocenters. The molecule has 90 valence electrons. The van der Waals surface area contributed by atoms with Gasteiger partial charge in [-0.3, -0.25) is 9.89 Å². The molecule has 18 heavy (non-hydrogen) atoms. The number of hydrogen-bond donors (Lipinski definition) is 1. The first-order valence-electron chi connectivity index (χ1n) is 5.37. The van der Waals surface area contributed by atoms with Gasteiger partial charge in [0.05, 0.1) is 6.07 Å². The van der Waals surface area contributed by atoms with Gasteiger partial charge in [-0.25, -0.2) is 4.98 Å². The van der Waals surface area contributed by atoms with Gasteiger partial charge in [0.1, 0.15) is 12.9 Å². The molecule has 0 bridgehead atoms. The van der Waals surface area contributed by atoms with Crippen LogP contribution in [0, 0.1) is 11.3 Å². The van der Waals surface area contributed by atoms with E-state index in [1.54, 1.807) is 0 Å². The minimum Gasteiger partial charge on any atom is -0.318 e. The van der Waals surface area contributed by atoms with Crippen molar-refractivity contribution in [3.8, 4) is 6.07 Å². The summed E-state index contributed by atoms with van der Waals surface area (Å²) in [4.78, 5) is 17.2. The van der Waals surface area contributed by atoms with Crippen molar-refractivity contribution in [2.75, 3.05) is 6.54 Å². The van der Waals surface area contributed by atoms with E-state index in [1.165, 1.54) is 11.2 Å². The molecule has 0 saturated carbocycles. The van der Waals surface area contributed by atoms with Crippen molar-refractivity contribution >= 4 is 5.91 Å². The fourth-order valence-corrected chi connectivity index (χ4v) is 1.55. The molecular formula is C12H11N5O. The minimum absolute atomic E-state index is 0.00836. The Labute approximate surface area is 104 Å². The molecule has 0 aliphatic rings. The molecule has 2 rings (SSSR count). The van der Waals surface area contributed by atoms with Crippen LogP contribution < -0.4 is 0 Å². The summed E-state index contributed by atoms with van der Waals surface area (Å²) < 4.78 is 0. The lowest BCUT2D eigenvalue weighted by Crippen LogP contribution is -2.31. The van der Waals surface area contributed by atoms with Crippen LogP contribution in [-0.4, -0.2) is 32.5 Å².